The molecule has 0 spiro atoms. The molecule has 4 nitrogen and oxygen atoms in total. The van der Waals surface area contributed by atoms with Gasteiger partial charge >= 0.3 is 5.97 Å². The number of aromatic nitrogens is 1. The van der Waals surface area contributed by atoms with Crippen LogP contribution in [0.15, 0.2) is 22.1 Å². The minimum atomic E-state index is -0.284. The van der Waals surface area contributed by atoms with Gasteiger partial charge in [-0.05, 0) is 6.92 Å². The lowest BCUT2D eigenvalue weighted by molar-refractivity contribution is -0.139. The smallest absolute Gasteiger partial charge is 0.319 e. The van der Waals surface area contributed by atoms with E-state index in [1.54, 1.807) is 6.92 Å². The molecule has 5 heteroatoms. The predicted octanol–water partition coefficient (Wildman–Crippen LogP) is 1.33. The maximum absolute atomic E-state index is 10.9. The van der Waals surface area contributed by atoms with Gasteiger partial charge in [0, 0.05) is 0 Å². The minimum Gasteiger partial charge on any atom is -0.468 e. The largest absolute Gasteiger partial charge is 0.468 e. The lowest BCUT2D eigenvalue weighted by Gasteiger charge is -2.04. The highest BCUT2D eigenvalue weighted by Crippen LogP contribution is 2.21. The molecular weight excluding hydrogens is 178 g/mol. The molecule has 0 aliphatic heterocycles. The molecule has 0 saturated carbocycles. The van der Waals surface area contributed by atoms with Crippen molar-refractivity contribution in [3.63, 3.8) is 0 Å². The van der Waals surface area contributed by atoms with Crippen LogP contribution in [0.3, 0.4) is 0 Å². The number of hydrogen-bond donors (Lipinski definition) is 0. The highest BCUT2D eigenvalue weighted by atomic mass is 32.2. The van der Waals surface area contributed by atoms with Gasteiger partial charge < -0.3 is 9.15 Å². The Labute approximate surface area is 74.3 Å². The summed E-state index contributed by atoms with van der Waals surface area (Å²) >= 11 is 1.23. The molecule has 0 saturated heterocycles. The summed E-state index contributed by atoms with van der Waals surface area (Å²) in [6.45, 7) is 1.74. The first kappa shape index (κ1) is 9.12. The van der Waals surface area contributed by atoms with E-state index < -0.39 is 0 Å². The van der Waals surface area contributed by atoms with Crippen LogP contribution in [0, 0.1) is 0 Å². The first-order valence-corrected chi connectivity index (χ1v) is 4.26. The molecule has 66 valence electrons. The lowest BCUT2D eigenvalue weighted by atomic mass is 10.5. The standard InChI is InChI=1S/C7H9NO3S/c1-5(6(9)10-2)12-7-8-3-4-11-7/h3-5H,1-2H3. The Hall–Kier alpha value is -0.970. The summed E-state index contributed by atoms with van der Waals surface area (Å²) in [4.78, 5) is 14.8. The fourth-order valence-corrected chi connectivity index (χ4v) is 1.36. The normalized spacial score (nSPS) is 12.5. The third kappa shape index (κ3) is 2.27. The van der Waals surface area contributed by atoms with Crippen LogP contribution < -0.4 is 0 Å². The molecule has 0 amide bonds. The van der Waals surface area contributed by atoms with Gasteiger partial charge in [-0.3, -0.25) is 4.79 Å². The number of carbonyl (C=O) groups is 1. The molecule has 1 aromatic heterocycles. The van der Waals surface area contributed by atoms with Crippen molar-refractivity contribution in [1.82, 2.24) is 4.98 Å². The van der Waals surface area contributed by atoms with E-state index in [0.717, 1.165) is 0 Å². The Morgan fingerprint density at radius 1 is 1.83 bits per heavy atom. The van der Waals surface area contributed by atoms with Crippen molar-refractivity contribution in [2.75, 3.05) is 7.11 Å². The Morgan fingerprint density at radius 2 is 2.58 bits per heavy atom. The quantitative estimate of drug-likeness (QED) is 0.527. The first-order valence-electron chi connectivity index (χ1n) is 3.38. The highest BCUT2D eigenvalue weighted by Gasteiger charge is 2.16. The van der Waals surface area contributed by atoms with Crippen molar-refractivity contribution in [2.45, 2.75) is 17.4 Å². The third-order valence-corrected chi connectivity index (χ3v) is 2.17. The third-order valence-electron chi connectivity index (χ3n) is 1.22. The van der Waals surface area contributed by atoms with E-state index in [-0.39, 0.29) is 11.2 Å². The van der Waals surface area contributed by atoms with E-state index in [0.29, 0.717) is 5.22 Å². The van der Waals surface area contributed by atoms with E-state index in [1.165, 1.54) is 31.3 Å². The molecule has 1 rings (SSSR count). The predicted molar refractivity (Wildman–Crippen MR) is 43.8 cm³/mol. The van der Waals surface area contributed by atoms with E-state index in [9.17, 15) is 4.79 Å². The summed E-state index contributed by atoms with van der Waals surface area (Å²) in [7, 11) is 1.36. The summed E-state index contributed by atoms with van der Waals surface area (Å²) in [6, 6.07) is 0. The molecule has 0 N–H and O–H groups in total. The van der Waals surface area contributed by atoms with Crippen molar-refractivity contribution in [2.24, 2.45) is 0 Å². The second-order valence-electron chi connectivity index (χ2n) is 2.08. The van der Waals surface area contributed by atoms with Crippen molar-refractivity contribution >= 4 is 17.7 Å². The molecule has 1 atom stereocenters. The van der Waals surface area contributed by atoms with Crippen molar-refractivity contribution in [3.8, 4) is 0 Å². The molecule has 12 heavy (non-hydrogen) atoms. The van der Waals surface area contributed by atoms with E-state index in [1.807, 2.05) is 0 Å². The Morgan fingerprint density at radius 3 is 3.08 bits per heavy atom. The molecule has 1 heterocycles. The van der Waals surface area contributed by atoms with Gasteiger partial charge in [-0.1, -0.05) is 11.8 Å². The number of thioether (sulfide) groups is 1. The number of rotatable bonds is 3. The Kier molecular flexibility index (Phi) is 3.16. The number of ether oxygens (including phenoxy) is 1. The van der Waals surface area contributed by atoms with Crippen molar-refractivity contribution in [1.29, 1.82) is 0 Å². The number of nitrogens with zero attached hydrogens (tertiary/aromatic N) is 1. The number of oxazole rings is 1. The summed E-state index contributed by atoms with van der Waals surface area (Å²) in [5.41, 5.74) is 0. The van der Waals surface area contributed by atoms with Crippen molar-refractivity contribution in [3.05, 3.63) is 12.5 Å². The highest BCUT2D eigenvalue weighted by molar-refractivity contribution is 8.00. The number of carbonyl (C=O) groups excluding carboxylic acids is 1. The van der Waals surface area contributed by atoms with Gasteiger partial charge in [-0.15, -0.1) is 0 Å². The maximum Gasteiger partial charge on any atom is 0.319 e. The molecule has 1 aromatic rings. The van der Waals surface area contributed by atoms with Gasteiger partial charge in [0.2, 0.25) is 0 Å². The van der Waals surface area contributed by atoms with Crippen molar-refractivity contribution < 1.29 is 13.9 Å². The lowest BCUT2D eigenvalue weighted by Crippen LogP contribution is -2.14. The van der Waals surface area contributed by atoms with Crippen LogP contribution in [0.1, 0.15) is 6.92 Å². The van der Waals surface area contributed by atoms with Crippen LogP contribution >= 0.6 is 11.8 Å². The van der Waals surface area contributed by atoms with E-state index >= 15 is 0 Å². The molecule has 0 bridgehead atoms. The summed E-state index contributed by atoms with van der Waals surface area (Å²) in [6.07, 6.45) is 3.00. The zero-order valence-corrected chi connectivity index (χ0v) is 7.63. The van der Waals surface area contributed by atoms with Crippen LogP contribution in [0.5, 0.6) is 0 Å². The molecule has 0 aromatic carbocycles. The van der Waals surface area contributed by atoms with Crippen LogP contribution in [0.2, 0.25) is 0 Å². The summed E-state index contributed by atoms with van der Waals surface area (Å²) in [5, 5.41) is 0.196. The minimum absolute atomic E-state index is 0.279. The Bertz CT molecular complexity index is 247. The fourth-order valence-electron chi connectivity index (χ4n) is 0.634. The molecule has 1 unspecified atom stereocenters. The monoisotopic (exact) mass is 187 g/mol. The Balaban J connectivity index is 2.47. The summed E-state index contributed by atoms with van der Waals surface area (Å²) in [5.74, 6) is -0.279. The van der Waals surface area contributed by atoms with Gasteiger partial charge in [-0.25, -0.2) is 4.98 Å². The zero-order chi connectivity index (χ0) is 8.97. The van der Waals surface area contributed by atoms with Gasteiger partial charge in [0.25, 0.3) is 5.22 Å². The number of methoxy groups -OCH3 is 1. The second kappa shape index (κ2) is 4.15. The number of esters is 1. The van der Waals surface area contributed by atoms with E-state index in [4.69, 9.17) is 4.42 Å². The zero-order valence-electron chi connectivity index (χ0n) is 6.81. The molecule has 0 radical (unpaired) electrons. The second-order valence-corrected chi connectivity index (χ2v) is 3.37. The van der Waals surface area contributed by atoms with Gasteiger partial charge in [0.1, 0.15) is 11.5 Å². The van der Waals surface area contributed by atoms with Crippen LogP contribution in [-0.4, -0.2) is 23.3 Å². The topological polar surface area (TPSA) is 52.3 Å². The maximum atomic E-state index is 10.9. The van der Waals surface area contributed by atoms with Gasteiger partial charge in [0.15, 0.2) is 0 Å². The van der Waals surface area contributed by atoms with E-state index in [2.05, 4.69) is 9.72 Å². The fraction of sp³-hybridized carbons (Fsp3) is 0.429. The van der Waals surface area contributed by atoms with Gasteiger partial charge in [-0.2, -0.15) is 0 Å². The van der Waals surface area contributed by atoms with Gasteiger partial charge in [0.05, 0.1) is 13.3 Å². The molecule has 0 fully saturated rings. The average Bonchev–Trinajstić information content (AvgIpc) is 2.55. The molecular formula is C7H9NO3S. The van der Waals surface area contributed by atoms with Crippen LogP contribution in [0.4, 0.5) is 0 Å². The molecule has 0 aliphatic rings. The van der Waals surface area contributed by atoms with Crippen LogP contribution in [-0.2, 0) is 9.53 Å². The molecule has 0 aliphatic carbocycles. The van der Waals surface area contributed by atoms with Crippen LogP contribution in [0.25, 0.3) is 0 Å². The first-order chi connectivity index (χ1) is 5.74. The summed E-state index contributed by atoms with van der Waals surface area (Å²) < 4.78 is 9.47. The number of hydrogen-bond acceptors (Lipinski definition) is 5. The SMILES string of the molecule is COC(=O)C(C)Sc1ncco1. The average molecular weight is 187 g/mol.